The van der Waals surface area contributed by atoms with Crippen molar-refractivity contribution in [2.75, 3.05) is 14.2 Å². The maximum Gasteiger partial charge on any atom is 0.351 e. The first-order valence-electron chi connectivity index (χ1n) is 4.02. The molecule has 0 bridgehead atoms. The minimum Gasteiger partial charge on any atom is -0.465 e. The third-order valence-corrected chi connectivity index (χ3v) is 5.49. The number of halogens is 2. The molecule has 7 heteroatoms. The Labute approximate surface area is 112 Å². The highest BCUT2D eigenvalue weighted by atomic mass is 79.9. The second kappa shape index (κ2) is 5.79. The van der Waals surface area contributed by atoms with Gasteiger partial charge in [-0.2, -0.15) is 0 Å². The fourth-order valence-corrected chi connectivity index (χ4v) is 4.74. The molecule has 0 aromatic heterocycles. The van der Waals surface area contributed by atoms with Gasteiger partial charge < -0.3 is 9.47 Å². The van der Waals surface area contributed by atoms with Gasteiger partial charge in [-0.1, -0.05) is 15.9 Å². The Morgan fingerprint density at radius 1 is 1.19 bits per heavy atom. The van der Waals surface area contributed by atoms with Crippen LogP contribution in [-0.2, 0) is 19.1 Å². The Hall–Kier alpha value is -0.400. The lowest BCUT2D eigenvalue weighted by Crippen LogP contribution is -2.26. The van der Waals surface area contributed by atoms with E-state index in [4.69, 9.17) is 0 Å². The van der Waals surface area contributed by atoms with Gasteiger partial charge in [-0.25, -0.2) is 9.59 Å². The molecule has 16 heavy (non-hydrogen) atoms. The second-order valence-corrected chi connectivity index (χ2v) is 6.66. The maximum absolute atomic E-state index is 11.5. The number of allylic oxidation sites excluding steroid dienone is 2. The number of methoxy groups -OCH3 is 2. The monoisotopic (exact) mass is 370 g/mol. The van der Waals surface area contributed by atoms with Gasteiger partial charge in [-0.15, -0.1) is 10.5 Å². The van der Waals surface area contributed by atoms with Crippen LogP contribution < -0.4 is 0 Å². The van der Waals surface area contributed by atoms with Crippen LogP contribution >= 0.6 is 42.3 Å². The molecule has 1 aliphatic heterocycles. The standard InChI is InChI=1S/C9H8Br2O4S/c1-14-8(12)7(9(13)15-2)16-4-5(10)3-6(16)11/h3-4H,1-2H3. The van der Waals surface area contributed by atoms with Crippen LogP contribution in [0, 0.1) is 0 Å². The van der Waals surface area contributed by atoms with Crippen molar-refractivity contribution in [3.63, 3.8) is 0 Å². The summed E-state index contributed by atoms with van der Waals surface area (Å²) in [6.45, 7) is 0. The average Bonchev–Trinajstić information content (AvgIpc) is 2.57. The van der Waals surface area contributed by atoms with Crippen LogP contribution in [-0.4, -0.2) is 31.0 Å². The molecule has 1 unspecified atom stereocenters. The number of rotatable bonds is 2. The van der Waals surface area contributed by atoms with E-state index < -0.39 is 22.4 Å². The van der Waals surface area contributed by atoms with Crippen molar-refractivity contribution in [3.8, 4) is 0 Å². The lowest BCUT2D eigenvalue weighted by molar-refractivity contribution is -0.137. The van der Waals surface area contributed by atoms with E-state index in [9.17, 15) is 9.59 Å². The zero-order valence-corrected chi connectivity index (χ0v) is 12.4. The summed E-state index contributed by atoms with van der Waals surface area (Å²) < 4.78 is 10.7. The molecule has 0 saturated heterocycles. The van der Waals surface area contributed by atoms with Crippen molar-refractivity contribution < 1.29 is 19.1 Å². The van der Waals surface area contributed by atoms with E-state index in [2.05, 4.69) is 41.3 Å². The summed E-state index contributed by atoms with van der Waals surface area (Å²) in [6, 6.07) is 0. The highest BCUT2D eigenvalue weighted by Crippen LogP contribution is 2.42. The van der Waals surface area contributed by atoms with Crippen LogP contribution in [0.3, 0.4) is 0 Å². The summed E-state index contributed by atoms with van der Waals surface area (Å²) in [4.78, 5) is 23.0. The van der Waals surface area contributed by atoms with Crippen LogP contribution in [0.4, 0.5) is 0 Å². The first-order valence-corrected chi connectivity index (χ1v) is 6.89. The predicted octanol–water partition coefficient (Wildman–Crippen LogP) is 2.26. The molecule has 0 amide bonds. The Bertz CT molecular complexity index is 419. The van der Waals surface area contributed by atoms with Gasteiger partial charge in [0, 0.05) is 4.48 Å². The van der Waals surface area contributed by atoms with Gasteiger partial charge in [0.15, 0.2) is 4.86 Å². The van der Waals surface area contributed by atoms with Crippen molar-refractivity contribution in [3.05, 3.63) is 19.8 Å². The number of hydrogen-bond acceptors (Lipinski definition) is 4. The molecular formula is C9H8Br2O4S. The van der Waals surface area contributed by atoms with Crippen molar-refractivity contribution >= 4 is 59.1 Å². The molecule has 0 spiro atoms. The molecule has 1 aliphatic rings. The third kappa shape index (κ3) is 2.83. The molecule has 0 aromatic rings. The SMILES string of the molecule is COC(=O)C(C(=O)OC)=S1C=C(Br)C=C1Br. The molecule has 0 radical (unpaired) electrons. The minimum absolute atomic E-state index is 0.0254. The fraction of sp³-hybridized carbons (Fsp3) is 0.222. The number of ether oxygens (including phenoxy) is 2. The van der Waals surface area contributed by atoms with E-state index >= 15 is 0 Å². The van der Waals surface area contributed by atoms with E-state index in [1.165, 1.54) is 14.2 Å². The largest absolute Gasteiger partial charge is 0.465 e. The first-order chi connectivity index (χ1) is 7.51. The Kier molecular flexibility index (Phi) is 4.94. The number of carbonyl (C=O) groups is 2. The summed E-state index contributed by atoms with van der Waals surface area (Å²) >= 11 is 6.57. The van der Waals surface area contributed by atoms with E-state index in [-0.39, 0.29) is 4.86 Å². The predicted molar refractivity (Wildman–Crippen MR) is 70.7 cm³/mol. The summed E-state index contributed by atoms with van der Waals surface area (Å²) in [6.07, 6.45) is 1.77. The quantitative estimate of drug-likeness (QED) is 0.424. The molecule has 0 fully saturated rings. The minimum atomic E-state index is -0.763. The van der Waals surface area contributed by atoms with E-state index in [1.54, 1.807) is 11.5 Å². The van der Waals surface area contributed by atoms with Gasteiger partial charge in [0.2, 0.25) is 0 Å². The summed E-state index contributed by atoms with van der Waals surface area (Å²) in [7, 11) is 1.68. The van der Waals surface area contributed by atoms with Crippen LogP contribution in [0.1, 0.15) is 0 Å². The van der Waals surface area contributed by atoms with Crippen molar-refractivity contribution in [1.29, 1.82) is 0 Å². The van der Waals surface area contributed by atoms with Gasteiger partial charge in [0.1, 0.15) is 0 Å². The van der Waals surface area contributed by atoms with Gasteiger partial charge in [-0.3, -0.25) is 0 Å². The molecule has 1 heterocycles. The van der Waals surface area contributed by atoms with Crippen LogP contribution in [0.15, 0.2) is 19.8 Å². The van der Waals surface area contributed by atoms with Crippen molar-refractivity contribution in [1.82, 2.24) is 0 Å². The molecule has 4 nitrogen and oxygen atoms in total. The Morgan fingerprint density at radius 3 is 2.00 bits per heavy atom. The average molecular weight is 372 g/mol. The normalized spacial score (nSPS) is 18.6. The molecule has 1 atom stereocenters. The first kappa shape index (κ1) is 13.7. The van der Waals surface area contributed by atoms with Gasteiger partial charge in [0.05, 0.1) is 18.0 Å². The van der Waals surface area contributed by atoms with Gasteiger partial charge in [0.25, 0.3) is 0 Å². The van der Waals surface area contributed by atoms with Crippen LogP contribution in [0.2, 0.25) is 0 Å². The maximum atomic E-state index is 11.5. The highest BCUT2D eigenvalue weighted by Gasteiger charge is 2.26. The van der Waals surface area contributed by atoms with Crippen LogP contribution in [0.5, 0.6) is 0 Å². The summed E-state index contributed by atoms with van der Waals surface area (Å²) in [5.74, 6) is -1.36. The summed E-state index contributed by atoms with van der Waals surface area (Å²) in [5.41, 5.74) is 0. The van der Waals surface area contributed by atoms with E-state index in [1.807, 2.05) is 0 Å². The van der Waals surface area contributed by atoms with Crippen molar-refractivity contribution in [2.24, 2.45) is 0 Å². The molecule has 0 aliphatic carbocycles. The number of hydrogen-bond donors (Lipinski definition) is 0. The molecule has 88 valence electrons. The second-order valence-electron chi connectivity index (χ2n) is 2.60. The molecule has 0 N–H and O–H groups in total. The Morgan fingerprint density at radius 2 is 1.69 bits per heavy atom. The molecule has 1 rings (SSSR count). The lowest BCUT2D eigenvalue weighted by atomic mass is 10.4. The lowest BCUT2D eigenvalue weighted by Gasteiger charge is -2.07. The molecule has 0 saturated carbocycles. The van der Waals surface area contributed by atoms with E-state index in [0.29, 0.717) is 0 Å². The van der Waals surface area contributed by atoms with Gasteiger partial charge in [-0.05, 0) is 27.4 Å². The smallest absolute Gasteiger partial charge is 0.351 e. The zero-order chi connectivity index (χ0) is 12.3. The summed E-state index contributed by atoms with van der Waals surface area (Å²) in [5, 5.41) is 1.74. The van der Waals surface area contributed by atoms with E-state index in [0.717, 1.165) is 8.30 Å². The zero-order valence-electron chi connectivity index (χ0n) is 8.45. The number of esters is 2. The van der Waals surface area contributed by atoms with Crippen LogP contribution in [0.25, 0.3) is 0 Å². The molecule has 0 aromatic carbocycles. The number of carbonyl (C=O) groups excluding carboxylic acids is 2. The topological polar surface area (TPSA) is 52.6 Å². The van der Waals surface area contributed by atoms with Crippen molar-refractivity contribution in [2.45, 2.75) is 0 Å². The Balaban J connectivity index is 3.31. The molecular weight excluding hydrogens is 364 g/mol. The van der Waals surface area contributed by atoms with Gasteiger partial charge >= 0.3 is 11.9 Å². The fourth-order valence-electron chi connectivity index (χ4n) is 0.980. The highest BCUT2D eigenvalue weighted by molar-refractivity contribution is 9.14. The third-order valence-electron chi connectivity index (χ3n) is 1.65.